The Morgan fingerprint density at radius 3 is 2.56 bits per heavy atom. The molecular formula is C21H24N4O5S2. The number of methoxy groups -OCH3 is 2. The number of aryl methyl sites for hydroxylation is 2. The maximum Gasteiger partial charge on any atom is 0.269 e. The minimum Gasteiger partial charge on any atom is -0.493 e. The van der Waals surface area contributed by atoms with Gasteiger partial charge in [0.1, 0.15) is 0 Å². The molecule has 0 bridgehead atoms. The van der Waals surface area contributed by atoms with Gasteiger partial charge in [-0.05, 0) is 49.6 Å². The number of sulfonamides is 1. The predicted octanol–water partition coefficient (Wildman–Crippen LogP) is 3.03. The fourth-order valence-corrected chi connectivity index (χ4v) is 4.93. The van der Waals surface area contributed by atoms with Crippen molar-refractivity contribution in [1.29, 1.82) is 0 Å². The summed E-state index contributed by atoms with van der Waals surface area (Å²) in [6.07, 6.45) is 1.22. The molecule has 2 N–H and O–H groups in total. The summed E-state index contributed by atoms with van der Waals surface area (Å²) in [6.45, 7) is 2.10. The van der Waals surface area contributed by atoms with Gasteiger partial charge < -0.3 is 9.47 Å². The molecule has 0 unspecified atom stereocenters. The number of benzene rings is 2. The van der Waals surface area contributed by atoms with Crippen LogP contribution in [0.4, 0.5) is 5.13 Å². The first-order chi connectivity index (χ1) is 15.3. The Labute approximate surface area is 190 Å². The lowest BCUT2D eigenvalue weighted by atomic mass is 10.1. The van der Waals surface area contributed by atoms with Crippen molar-refractivity contribution in [1.82, 2.24) is 14.9 Å². The number of carbonyl (C=O) groups is 1. The van der Waals surface area contributed by atoms with Crippen molar-refractivity contribution in [3.05, 3.63) is 59.2 Å². The highest BCUT2D eigenvalue weighted by molar-refractivity contribution is 7.91. The van der Waals surface area contributed by atoms with E-state index in [1.54, 1.807) is 32.4 Å². The van der Waals surface area contributed by atoms with Crippen LogP contribution in [-0.2, 0) is 16.4 Å². The van der Waals surface area contributed by atoms with Crippen LogP contribution in [0.5, 0.6) is 11.5 Å². The third-order valence-corrected chi connectivity index (χ3v) is 7.19. The van der Waals surface area contributed by atoms with Gasteiger partial charge in [-0.1, -0.05) is 35.1 Å². The number of rotatable bonds is 10. The third-order valence-electron chi connectivity index (χ3n) is 4.52. The largest absolute Gasteiger partial charge is 0.493 e. The second-order valence-corrected chi connectivity index (χ2v) is 9.81. The molecule has 2 aromatic carbocycles. The lowest BCUT2D eigenvalue weighted by Gasteiger charge is -2.09. The van der Waals surface area contributed by atoms with Gasteiger partial charge in [-0.15, -0.1) is 10.2 Å². The average Bonchev–Trinajstić information content (AvgIpc) is 3.26. The molecule has 1 amide bonds. The Balaban J connectivity index is 1.54. The summed E-state index contributed by atoms with van der Waals surface area (Å²) in [7, 11) is -0.692. The fourth-order valence-electron chi connectivity index (χ4n) is 2.92. The summed E-state index contributed by atoms with van der Waals surface area (Å²) >= 11 is 0.795. The Kier molecular flexibility index (Phi) is 7.78. The Morgan fingerprint density at radius 1 is 1.06 bits per heavy atom. The highest BCUT2D eigenvalue weighted by Gasteiger charge is 2.20. The number of nitrogens with one attached hydrogen (secondary N) is 2. The van der Waals surface area contributed by atoms with Gasteiger partial charge in [0, 0.05) is 12.1 Å². The molecule has 0 aliphatic heterocycles. The lowest BCUT2D eigenvalue weighted by molar-refractivity contribution is 0.102. The van der Waals surface area contributed by atoms with Gasteiger partial charge in [-0.2, -0.15) is 0 Å². The van der Waals surface area contributed by atoms with E-state index in [1.807, 2.05) is 31.2 Å². The molecule has 0 spiro atoms. The van der Waals surface area contributed by atoms with E-state index < -0.39 is 10.0 Å². The van der Waals surface area contributed by atoms with E-state index in [-0.39, 0.29) is 21.9 Å². The first kappa shape index (κ1) is 23.6. The highest BCUT2D eigenvalue weighted by Crippen LogP contribution is 2.28. The molecule has 1 heterocycles. The van der Waals surface area contributed by atoms with Gasteiger partial charge in [0.15, 0.2) is 11.5 Å². The number of nitrogens with zero attached hydrogens (tertiary/aromatic N) is 2. The van der Waals surface area contributed by atoms with E-state index in [0.29, 0.717) is 29.9 Å². The van der Waals surface area contributed by atoms with Gasteiger partial charge >= 0.3 is 0 Å². The highest BCUT2D eigenvalue weighted by atomic mass is 32.2. The van der Waals surface area contributed by atoms with Crippen LogP contribution in [0.3, 0.4) is 0 Å². The normalized spacial score (nSPS) is 11.2. The lowest BCUT2D eigenvalue weighted by Crippen LogP contribution is -2.25. The van der Waals surface area contributed by atoms with Crippen LogP contribution in [0, 0.1) is 6.92 Å². The van der Waals surface area contributed by atoms with Crippen LogP contribution in [0.2, 0.25) is 0 Å². The van der Waals surface area contributed by atoms with Gasteiger partial charge in [-0.3, -0.25) is 10.1 Å². The molecule has 0 aliphatic carbocycles. The standard InChI is InChI=1S/C21H24N4O5S2/c1-14-6-4-8-16(12-14)19(26)23-20-24-25-21(31-20)32(27,28)22-11-5-7-15-9-10-17(29-2)18(13-15)30-3/h4,6,8-10,12-13,22H,5,7,11H2,1-3H3,(H,23,24,26). The summed E-state index contributed by atoms with van der Waals surface area (Å²) < 4.78 is 37.8. The number of aromatic nitrogens is 2. The summed E-state index contributed by atoms with van der Waals surface area (Å²) in [6, 6.07) is 12.6. The maximum absolute atomic E-state index is 12.5. The number of amides is 1. The Bertz CT molecular complexity index is 1190. The minimum atomic E-state index is -3.83. The van der Waals surface area contributed by atoms with E-state index in [4.69, 9.17) is 9.47 Å². The number of anilines is 1. The molecule has 0 aliphatic rings. The van der Waals surface area contributed by atoms with E-state index >= 15 is 0 Å². The van der Waals surface area contributed by atoms with E-state index in [0.717, 1.165) is 22.5 Å². The van der Waals surface area contributed by atoms with Crippen molar-refractivity contribution in [2.24, 2.45) is 0 Å². The third kappa shape index (κ3) is 6.02. The zero-order valence-corrected chi connectivity index (χ0v) is 19.5. The summed E-state index contributed by atoms with van der Waals surface area (Å²) in [4.78, 5) is 12.3. The van der Waals surface area contributed by atoms with Crippen LogP contribution >= 0.6 is 11.3 Å². The molecule has 9 nitrogen and oxygen atoms in total. The van der Waals surface area contributed by atoms with Crippen molar-refractivity contribution in [2.75, 3.05) is 26.1 Å². The van der Waals surface area contributed by atoms with E-state index in [2.05, 4.69) is 20.2 Å². The first-order valence-electron chi connectivity index (χ1n) is 9.74. The molecule has 170 valence electrons. The second kappa shape index (κ2) is 10.5. The zero-order valence-electron chi connectivity index (χ0n) is 17.9. The van der Waals surface area contributed by atoms with Crippen LogP contribution in [0.1, 0.15) is 27.9 Å². The van der Waals surface area contributed by atoms with Gasteiger partial charge in [0.05, 0.1) is 14.2 Å². The second-order valence-electron chi connectivity index (χ2n) is 6.89. The van der Waals surface area contributed by atoms with Crippen LogP contribution in [0.25, 0.3) is 0 Å². The van der Waals surface area contributed by atoms with Crippen LogP contribution in [0.15, 0.2) is 46.8 Å². The number of carbonyl (C=O) groups excluding carboxylic acids is 1. The monoisotopic (exact) mass is 476 g/mol. The SMILES string of the molecule is COc1ccc(CCCNS(=O)(=O)c2nnc(NC(=O)c3cccc(C)c3)s2)cc1OC. The quantitative estimate of drug-likeness (QED) is 0.341. The number of hydrogen-bond acceptors (Lipinski definition) is 8. The molecule has 0 fully saturated rings. The molecular weight excluding hydrogens is 452 g/mol. The fraction of sp³-hybridized carbons (Fsp3) is 0.286. The molecule has 11 heteroatoms. The van der Waals surface area contributed by atoms with Crippen molar-refractivity contribution >= 4 is 32.4 Å². The first-order valence-corrected chi connectivity index (χ1v) is 12.0. The topological polar surface area (TPSA) is 120 Å². The number of hydrogen-bond donors (Lipinski definition) is 2. The maximum atomic E-state index is 12.5. The van der Waals surface area contributed by atoms with Crippen LogP contribution in [-0.4, -0.2) is 45.3 Å². The molecule has 0 radical (unpaired) electrons. The molecule has 1 aromatic heterocycles. The average molecular weight is 477 g/mol. The van der Waals surface area contributed by atoms with Crippen molar-refractivity contribution < 1.29 is 22.7 Å². The summed E-state index contributed by atoms with van der Waals surface area (Å²) in [5.41, 5.74) is 2.40. The summed E-state index contributed by atoms with van der Waals surface area (Å²) in [5.74, 6) is 0.884. The summed E-state index contributed by atoms with van der Waals surface area (Å²) in [5, 5.41) is 10.2. The van der Waals surface area contributed by atoms with E-state index in [9.17, 15) is 13.2 Å². The molecule has 3 aromatic rings. The number of ether oxygens (including phenoxy) is 2. The molecule has 0 saturated carbocycles. The predicted molar refractivity (Wildman–Crippen MR) is 122 cm³/mol. The van der Waals surface area contributed by atoms with Crippen LogP contribution < -0.4 is 19.5 Å². The van der Waals surface area contributed by atoms with Gasteiger partial charge in [-0.25, -0.2) is 13.1 Å². The Hall–Kier alpha value is -3.02. The van der Waals surface area contributed by atoms with Crippen molar-refractivity contribution in [3.8, 4) is 11.5 Å². The van der Waals surface area contributed by atoms with Gasteiger partial charge in [0.25, 0.3) is 15.9 Å². The van der Waals surface area contributed by atoms with E-state index in [1.165, 1.54) is 0 Å². The smallest absolute Gasteiger partial charge is 0.269 e. The molecule has 0 atom stereocenters. The Morgan fingerprint density at radius 2 is 1.84 bits per heavy atom. The molecule has 0 saturated heterocycles. The van der Waals surface area contributed by atoms with Gasteiger partial charge in [0.2, 0.25) is 9.47 Å². The zero-order chi connectivity index (χ0) is 23.1. The molecule has 3 rings (SSSR count). The minimum absolute atomic E-state index is 0.113. The van der Waals surface area contributed by atoms with Crippen molar-refractivity contribution in [2.45, 2.75) is 24.1 Å². The molecule has 32 heavy (non-hydrogen) atoms. The van der Waals surface area contributed by atoms with Crippen molar-refractivity contribution in [3.63, 3.8) is 0 Å².